The van der Waals surface area contributed by atoms with E-state index in [-0.39, 0.29) is 0 Å². The molecule has 1 N–H and O–H groups in total. The fraction of sp³-hybridized carbons (Fsp3) is 0.429. The molecule has 1 heterocycles. The molecule has 4 heteroatoms. The highest BCUT2D eigenvalue weighted by molar-refractivity contribution is 6.48. The summed E-state index contributed by atoms with van der Waals surface area (Å²) in [5.41, 5.74) is 4.69. The molecule has 0 atom stereocenters. The van der Waals surface area contributed by atoms with Crippen LogP contribution in [-0.4, -0.2) is 37.7 Å². The number of aliphatic imine (C=N–C) groups is 2. The van der Waals surface area contributed by atoms with E-state index in [1.54, 1.807) is 19.1 Å². The molecule has 0 bridgehead atoms. The second-order valence-corrected chi connectivity index (χ2v) is 2.26. The predicted octanol–water partition coefficient (Wildman–Crippen LogP) is 0.0492. The zero-order chi connectivity index (χ0) is 8.43. The lowest BCUT2D eigenvalue weighted by Crippen LogP contribution is -2.28. The Hall–Kier alpha value is -1.32. The Balaban J connectivity index is 3.01. The van der Waals surface area contributed by atoms with Gasteiger partial charge in [0, 0.05) is 21.1 Å². The molecule has 0 saturated carbocycles. The molecule has 1 aliphatic heterocycles. The van der Waals surface area contributed by atoms with Crippen LogP contribution in [0.3, 0.4) is 0 Å². The number of nitrogens with one attached hydrogen (secondary N) is 1. The van der Waals surface area contributed by atoms with Gasteiger partial charge in [0.05, 0.1) is 5.70 Å². The summed E-state index contributed by atoms with van der Waals surface area (Å²) < 4.78 is 0. The summed E-state index contributed by atoms with van der Waals surface area (Å²) in [5, 5.41) is 1.80. The molecule has 4 nitrogen and oxygen atoms in total. The molecule has 60 valence electrons. The maximum atomic E-state index is 4.05. The summed E-state index contributed by atoms with van der Waals surface area (Å²) in [6.45, 7) is 3.84. The van der Waals surface area contributed by atoms with Gasteiger partial charge in [0.2, 0.25) is 0 Å². The lowest BCUT2D eigenvalue weighted by Gasteiger charge is -2.09. The van der Waals surface area contributed by atoms with Crippen LogP contribution in [0, 0.1) is 0 Å². The van der Waals surface area contributed by atoms with Gasteiger partial charge < -0.3 is 0 Å². The van der Waals surface area contributed by atoms with Crippen LogP contribution in [0.5, 0.6) is 0 Å². The van der Waals surface area contributed by atoms with Crippen LogP contribution in [0.25, 0.3) is 0 Å². The molecule has 1 rings (SSSR count). The van der Waals surface area contributed by atoms with Crippen LogP contribution in [0.4, 0.5) is 0 Å². The second kappa shape index (κ2) is 2.74. The monoisotopic (exact) mass is 152 g/mol. The van der Waals surface area contributed by atoms with E-state index < -0.39 is 0 Å². The highest BCUT2D eigenvalue weighted by Gasteiger charge is 2.23. The van der Waals surface area contributed by atoms with Crippen molar-refractivity contribution >= 4 is 11.5 Å². The fourth-order valence-electron chi connectivity index (χ4n) is 0.966. The molecule has 1 aliphatic rings. The highest BCUT2D eigenvalue weighted by Crippen LogP contribution is 2.07. The molecule has 1 saturated heterocycles. The largest absolute Gasteiger partial charge is 0.288 e. The van der Waals surface area contributed by atoms with E-state index in [1.165, 1.54) is 0 Å². The number of rotatable bonds is 0. The molecule has 0 aromatic carbocycles. The summed E-state index contributed by atoms with van der Waals surface area (Å²) in [6.07, 6.45) is 0. The maximum Gasteiger partial charge on any atom is 0.167 e. The normalized spacial score (nSPS) is 25.0. The summed E-state index contributed by atoms with van der Waals surface area (Å²) in [4.78, 5) is 8.07. The Morgan fingerprint density at radius 3 is 2.36 bits per heavy atom. The third-order valence-corrected chi connectivity index (χ3v) is 1.62. The van der Waals surface area contributed by atoms with Gasteiger partial charge in [-0.1, -0.05) is 6.58 Å². The number of hydrogen-bond donors (Lipinski definition) is 1. The molecule has 0 aromatic rings. The minimum atomic E-state index is 0.778. The first-order valence-corrected chi connectivity index (χ1v) is 3.34. The van der Waals surface area contributed by atoms with E-state index in [1.807, 2.05) is 7.05 Å². The molecular formula is C7H12N4. The molecule has 1 fully saturated rings. The predicted molar refractivity (Wildman–Crippen MR) is 46.8 cm³/mol. The summed E-state index contributed by atoms with van der Waals surface area (Å²) in [5.74, 6) is 0.778. The van der Waals surface area contributed by atoms with Crippen molar-refractivity contribution in [3.63, 3.8) is 0 Å². The Kier molecular flexibility index (Phi) is 1.94. The van der Waals surface area contributed by atoms with Gasteiger partial charge in [0.1, 0.15) is 5.71 Å². The van der Waals surface area contributed by atoms with E-state index >= 15 is 0 Å². The van der Waals surface area contributed by atoms with Crippen molar-refractivity contribution in [2.75, 3.05) is 21.1 Å². The minimum absolute atomic E-state index is 0.778. The van der Waals surface area contributed by atoms with Crippen molar-refractivity contribution in [3.8, 4) is 0 Å². The van der Waals surface area contributed by atoms with Crippen LogP contribution < -0.4 is 5.43 Å². The summed E-state index contributed by atoms with van der Waals surface area (Å²) in [7, 11) is 5.33. The zero-order valence-corrected chi connectivity index (χ0v) is 7.05. The topological polar surface area (TPSA) is 40.0 Å². The quantitative estimate of drug-likeness (QED) is 0.532. The van der Waals surface area contributed by atoms with E-state index in [4.69, 9.17) is 0 Å². The molecule has 0 unspecified atom stereocenters. The van der Waals surface area contributed by atoms with Gasteiger partial charge in [-0.05, 0) is 0 Å². The highest BCUT2D eigenvalue weighted by atomic mass is 15.5. The Labute approximate surface area is 66.3 Å². The van der Waals surface area contributed by atoms with E-state index in [0.717, 1.165) is 17.2 Å². The van der Waals surface area contributed by atoms with Gasteiger partial charge in [-0.25, -0.2) is 0 Å². The zero-order valence-electron chi connectivity index (χ0n) is 7.05. The molecule has 0 radical (unpaired) electrons. The molecule has 0 spiro atoms. The van der Waals surface area contributed by atoms with E-state index in [2.05, 4.69) is 22.0 Å². The smallest absolute Gasteiger partial charge is 0.167 e. The van der Waals surface area contributed by atoms with Crippen LogP contribution in [0.1, 0.15) is 0 Å². The molecule has 0 aromatic heterocycles. The van der Waals surface area contributed by atoms with Crippen LogP contribution in [-0.2, 0) is 0 Å². The van der Waals surface area contributed by atoms with Gasteiger partial charge in [-0.3, -0.25) is 20.4 Å². The second-order valence-electron chi connectivity index (χ2n) is 2.26. The van der Waals surface area contributed by atoms with Gasteiger partial charge >= 0.3 is 0 Å². The van der Waals surface area contributed by atoms with Crippen LogP contribution >= 0.6 is 0 Å². The van der Waals surface area contributed by atoms with Gasteiger partial charge in [0.15, 0.2) is 5.84 Å². The van der Waals surface area contributed by atoms with Gasteiger partial charge in [-0.2, -0.15) is 0 Å². The molecule has 0 amide bonds. The minimum Gasteiger partial charge on any atom is -0.288 e. The van der Waals surface area contributed by atoms with Crippen molar-refractivity contribution in [1.29, 1.82) is 0 Å². The van der Waals surface area contributed by atoms with Crippen molar-refractivity contribution < 1.29 is 0 Å². The third-order valence-electron chi connectivity index (χ3n) is 1.62. The first kappa shape index (κ1) is 7.78. The molecule has 11 heavy (non-hydrogen) atoms. The number of amidine groups is 1. The van der Waals surface area contributed by atoms with Crippen molar-refractivity contribution in [2.24, 2.45) is 9.98 Å². The average Bonchev–Trinajstić information content (AvgIpc) is 2.28. The van der Waals surface area contributed by atoms with Crippen molar-refractivity contribution in [3.05, 3.63) is 12.3 Å². The SMILES string of the molecule is C=C1C(=NC)C(=NC)NN1C. The van der Waals surface area contributed by atoms with Crippen molar-refractivity contribution in [2.45, 2.75) is 0 Å². The van der Waals surface area contributed by atoms with Crippen LogP contribution in [0.15, 0.2) is 22.3 Å². The Morgan fingerprint density at radius 2 is 2.00 bits per heavy atom. The fourth-order valence-corrected chi connectivity index (χ4v) is 0.966. The molecule has 0 aliphatic carbocycles. The number of hydrogen-bond acceptors (Lipinski definition) is 3. The lowest BCUT2D eigenvalue weighted by atomic mass is 10.3. The average molecular weight is 152 g/mol. The standard InChI is InChI=1S/C7H12N4/c1-5-6(8-2)7(9-3)10-11(5)4/h1H2,2-4H3,(H,9,10). The third kappa shape index (κ3) is 1.11. The van der Waals surface area contributed by atoms with Gasteiger partial charge in [-0.15, -0.1) is 0 Å². The van der Waals surface area contributed by atoms with Crippen LogP contribution in [0.2, 0.25) is 0 Å². The first-order chi connectivity index (χ1) is 5.20. The summed E-state index contributed by atoms with van der Waals surface area (Å²) >= 11 is 0. The van der Waals surface area contributed by atoms with Crippen molar-refractivity contribution in [1.82, 2.24) is 10.4 Å². The van der Waals surface area contributed by atoms with E-state index in [9.17, 15) is 0 Å². The maximum absolute atomic E-state index is 4.05. The Bertz CT molecular complexity index is 239. The number of nitrogens with zero attached hydrogens (tertiary/aromatic N) is 3. The van der Waals surface area contributed by atoms with Gasteiger partial charge in [0.25, 0.3) is 0 Å². The van der Waals surface area contributed by atoms with E-state index in [0.29, 0.717) is 0 Å². The first-order valence-electron chi connectivity index (χ1n) is 3.34. The lowest BCUT2D eigenvalue weighted by molar-refractivity contribution is 0.410. The molecular weight excluding hydrogens is 140 g/mol. The number of hydrazine groups is 1. The Morgan fingerprint density at radius 1 is 1.36 bits per heavy atom. The summed E-state index contributed by atoms with van der Waals surface area (Å²) in [6, 6.07) is 0.